The highest BCUT2D eigenvalue weighted by Gasteiger charge is 2.21. The standard InChI is InChI=1S/C10H17N3OS/c1-7(2)11-10-12-9(13-14-10)8-5-3-4-6-15-8/h7-8H,3-6H2,1-2H3,(H,11,12,13). The highest BCUT2D eigenvalue weighted by molar-refractivity contribution is 7.99. The van der Waals surface area contributed by atoms with Crippen LogP contribution in [0.2, 0.25) is 0 Å². The molecule has 1 atom stereocenters. The molecule has 0 aliphatic carbocycles. The summed E-state index contributed by atoms with van der Waals surface area (Å²) in [6, 6.07) is 0.878. The van der Waals surface area contributed by atoms with E-state index in [1.54, 1.807) is 0 Å². The molecular weight excluding hydrogens is 210 g/mol. The first-order chi connectivity index (χ1) is 7.25. The SMILES string of the molecule is CC(C)Nc1nc(C2CCCCS2)no1. The molecule has 1 saturated heterocycles. The maximum absolute atomic E-state index is 5.14. The largest absolute Gasteiger partial charge is 0.336 e. The van der Waals surface area contributed by atoms with Gasteiger partial charge in [-0.3, -0.25) is 0 Å². The van der Waals surface area contributed by atoms with Crippen LogP contribution in [0.1, 0.15) is 44.2 Å². The Balaban J connectivity index is 1.99. The van der Waals surface area contributed by atoms with E-state index in [2.05, 4.69) is 29.3 Å². The van der Waals surface area contributed by atoms with Crippen molar-refractivity contribution in [3.05, 3.63) is 5.82 Å². The number of nitrogens with zero attached hydrogens (tertiary/aromatic N) is 2. The molecule has 1 unspecified atom stereocenters. The van der Waals surface area contributed by atoms with Crippen LogP contribution in [-0.2, 0) is 0 Å². The van der Waals surface area contributed by atoms with Gasteiger partial charge in [-0.2, -0.15) is 16.7 Å². The van der Waals surface area contributed by atoms with Gasteiger partial charge in [0.1, 0.15) is 0 Å². The lowest BCUT2D eigenvalue weighted by atomic mass is 10.2. The molecule has 1 N–H and O–H groups in total. The number of aromatic nitrogens is 2. The first kappa shape index (κ1) is 10.8. The Labute approximate surface area is 94.2 Å². The second kappa shape index (κ2) is 4.88. The molecule has 4 nitrogen and oxygen atoms in total. The van der Waals surface area contributed by atoms with Gasteiger partial charge >= 0.3 is 6.01 Å². The number of nitrogens with one attached hydrogen (secondary N) is 1. The molecule has 84 valence electrons. The average Bonchev–Trinajstić information content (AvgIpc) is 2.67. The lowest BCUT2D eigenvalue weighted by molar-refractivity contribution is 0.418. The molecular formula is C10H17N3OS. The zero-order valence-electron chi connectivity index (χ0n) is 9.19. The van der Waals surface area contributed by atoms with Gasteiger partial charge in [-0.1, -0.05) is 11.6 Å². The monoisotopic (exact) mass is 227 g/mol. The molecule has 15 heavy (non-hydrogen) atoms. The van der Waals surface area contributed by atoms with Crippen LogP contribution in [-0.4, -0.2) is 21.9 Å². The molecule has 1 aromatic heterocycles. The van der Waals surface area contributed by atoms with Crippen molar-refractivity contribution in [1.82, 2.24) is 10.1 Å². The number of hydrogen-bond acceptors (Lipinski definition) is 5. The third-order valence-corrected chi connectivity index (χ3v) is 3.69. The van der Waals surface area contributed by atoms with Gasteiger partial charge in [-0.25, -0.2) is 0 Å². The maximum Gasteiger partial charge on any atom is 0.321 e. The molecule has 2 rings (SSSR count). The van der Waals surface area contributed by atoms with Crippen LogP contribution < -0.4 is 5.32 Å². The summed E-state index contributed by atoms with van der Waals surface area (Å²) in [6.45, 7) is 4.11. The van der Waals surface area contributed by atoms with Crippen molar-refractivity contribution in [2.75, 3.05) is 11.1 Å². The van der Waals surface area contributed by atoms with E-state index in [-0.39, 0.29) is 0 Å². The van der Waals surface area contributed by atoms with Crippen LogP contribution in [0.4, 0.5) is 6.01 Å². The maximum atomic E-state index is 5.14. The van der Waals surface area contributed by atoms with Crippen LogP contribution >= 0.6 is 11.8 Å². The predicted octanol–water partition coefficient (Wildman–Crippen LogP) is 2.85. The van der Waals surface area contributed by atoms with E-state index in [4.69, 9.17) is 4.52 Å². The lowest BCUT2D eigenvalue weighted by Crippen LogP contribution is -2.10. The number of hydrogen-bond donors (Lipinski definition) is 1. The Morgan fingerprint density at radius 3 is 3.00 bits per heavy atom. The number of anilines is 1. The zero-order valence-corrected chi connectivity index (χ0v) is 10.0. The number of rotatable bonds is 3. The van der Waals surface area contributed by atoms with Gasteiger partial charge in [0.15, 0.2) is 5.82 Å². The summed E-state index contributed by atoms with van der Waals surface area (Å²) in [7, 11) is 0. The average molecular weight is 227 g/mol. The molecule has 1 aliphatic heterocycles. The quantitative estimate of drug-likeness (QED) is 0.860. The van der Waals surface area contributed by atoms with Crippen molar-refractivity contribution >= 4 is 17.8 Å². The van der Waals surface area contributed by atoms with Crippen LogP contribution in [0.5, 0.6) is 0 Å². The fourth-order valence-electron chi connectivity index (χ4n) is 1.62. The normalized spacial score (nSPS) is 21.9. The van der Waals surface area contributed by atoms with Crippen LogP contribution in [0, 0.1) is 0 Å². The van der Waals surface area contributed by atoms with Crippen molar-refractivity contribution in [3.63, 3.8) is 0 Å². The van der Waals surface area contributed by atoms with Gasteiger partial charge in [-0.15, -0.1) is 0 Å². The topological polar surface area (TPSA) is 51.0 Å². The summed E-state index contributed by atoms with van der Waals surface area (Å²) in [5.74, 6) is 2.06. The molecule has 1 aliphatic rings. The smallest absolute Gasteiger partial charge is 0.321 e. The molecule has 2 heterocycles. The molecule has 1 fully saturated rings. The van der Waals surface area contributed by atoms with Gasteiger partial charge in [0.05, 0.1) is 5.25 Å². The fraction of sp³-hybridized carbons (Fsp3) is 0.800. The Hall–Kier alpha value is -0.710. The molecule has 1 aromatic rings. The second-order valence-electron chi connectivity index (χ2n) is 4.11. The summed E-state index contributed by atoms with van der Waals surface area (Å²) in [5, 5.41) is 7.57. The summed E-state index contributed by atoms with van der Waals surface area (Å²) in [5.41, 5.74) is 0. The first-order valence-electron chi connectivity index (χ1n) is 5.47. The molecule has 0 spiro atoms. The molecule has 0 aromatic carbocycles. The van der Waals surface area contributed by atoms with Gasteiger partial charge in [-0.05, 0) is 32.4 Å². The summed E-state index contributed by atoms with van der Waals surface area (Å²) >= 11 is 1.94. The van der Waals surface area contributed by atoms with E-state index >= 15 is 0 Å². The highest BCUT2D eigenvalue weighted by Crippen LogP contribution is 2.36. The Morgan fingerprint density at radius 1 is 1.47 bits per heavy atom. The van der Waals surface area contributed by atoms with E-state index in [0.29, 0.717) is 17.3 Å². The van der Waals surface area contributed by atoms with Crippen molar-refractivity contribution in [1.29, 1.82) is 0 Å². The van der Waals surface area contributed by atoms with Gasteiger partial charge in [0.25, 0.3) is 0 Å². The van der Waals surface area contributed by atoms with Gasteiger partial charge in [0.2, 0.25) is 0 Å². The van der Waals surface area contributed by atoms with E-state index in [1.165, 1.54) is 25.0 Å². The number of thioether (sulfide) groups is 1. The molecule has 0 saturated carbocycles. The van der Waals surface area contributed by atoms with E-state index < -0.39 is 0 Å². The molecule has 5 heteroatoms. The zero-order chi connectivity index (χ0) is 10.7. The summed E-state index contributed by atoms with van der Waals surface area (Å²) in [6.07, 6.45) is 3.76. The minimum Gasteiger partial charge on any atom is -0.336 e. The summed E-state index contributed by atoms with van der Waals surface area (Å²) < 4.78 is 5.14. The predicted molar refractivity (Wildman–Crippen MR) is 62.1 cm³/mol. The summed E-state index contributed by atoms with van der Waals surface area (Å²) in [4.78, 5) is 4.36. The highest BCUT2D eigenvalue weighted by atomic mass is 32.2. The van der Waals surface area contributed by atoms with Gasteiger partial charge in [0, 0.05) is 6.04 Å². The molecule has 0 amide bonds. The van der Waals surface area contributed by atoms with Crippen molar-refractivity contribution in [2.24, 2.45) is 0 Å². The fourth-order valence-corrected chi connectivity index (χ4v) is 2.85. The first-order valence-corrected chi connectivity index (χ1v) is 6.52. The minimum absolute atomic E-state index is 0.331. The van der Waals surface area contributed by atoms with Crippen LogP contribution in [0.15, 0.2) is 4.52 Å². The Morgan fingerprint density at radius 2 is 2.33 bits per heavy atom. The van der Waals surface area contributed by atoms with Crippen molar-refractivity contribution in [2.45, 2.75) is 44.4 Å². The second-order valence-corrected chi connectivity index (χ2v) is 5.42. The van der Waals surface area contributed by atoms with Crippen LogP contribution in [0.3, 0.4) is 0 Å². The molecule has 0 bridgehead atoms. The van der Waals surface area contributed by atoms with E-state index in [1.807, 2.05) is 11.8 Å². The van der Waals surface area contributed by atoms with E-state index in [0.717, 1.165) is 5.82 Å². The Bertz CT molecular complexity index is 307. The van der Waals surface area contributed by atoms with Crippen molar-refractivity contribution in [3.8, 4) is 0 Å². The van der Waals surface area contributed by atoms with Crippen molar-refractivity contribution < 1.29 is 4.52 Å². The minimum atomic E-state index is 0.331. The third kappa shape index (κ3) is 2.87. The van der Waals surface area contributed by atoms with Crippen LogP contribution in [0.25, 0.3) is 0 Å². The Kier molecular flexibility index (Phi) is 3.51. The van der Waals surface area contributed by atoms with E-state index in [9.17, 15) is 0 Å². The third-order valence-electron chi connectivity index (χ3n) is 2.32. The van der Waals surface area contributed by atoms with Gasteiger partial charge < -0.3 is 9.84 Å². The molecule has 0 radical (unpaired) electrons. The lowest BCUT2D eigenvalue weighted by Gasteiger charge is -2.17.